The molecule has 0 aliphatic heterocycles. The lowest BCUT2D eigenvalue weighted by Gasteiger charge is -1.87. The van der Waals surface area contributed by atoms with E-state index in [-0.39, 0.29) is 0 Å². The first-order valence-corrected chi connectivity index (χ1v) is 8.42. The molecule has 0 saturated heterocycles. The number of aromatic nitrogens is 5. The first-order valence-electron chi connectivity index (χ1n) is 6.66. The number of thiophene rings is 1. The van der Waals surface area contributed by atoms with Gasteiger partial charge < -0.3 is 0 Å². The lowest BCUT2D eigenvalue weighted by atomic mass is 10.3. The Morgan fingerprint density at radius 2 is 2.14 bits per heavy atom. The molecule has 0 fully saturated rings. The van der Waals surface area contributed by atoms with E-state index in [1.165, 1.54) is 16.2 Å². The molecule has 0 radical (unpaired) electrons. The molecule has 7 heteroatoms. The maximum absolute atomic E-state index is 4.54. The predicted molar refractivity (Wildman–Crippen MR) is 89.7 cm³/mol. The molecule has 0 saturated carbocycles. The first kappa shape index (κ1) is 13.3. The Bertz CT molecular complexity index is 981. The Balaban J connectivity index is 1.80. The van der Waals surface area contributed by atoms with E-state index in [0.717, 1.165) is 21.6 Å². The minimum atomic E-state index is 0.690. The highest BCUT2D eigenvalue weighted by Crippen LogP contribution is 2.19. The number of nitrogens with zero attached hydrogens (tertiary/aromatic N) is 5. The quantitative estimate of drug-likeness (QED) is 0.581. The molecule has 4 rings (SSSR count). The van der Waals surface area contributed by atoms with E-state index in [9.17, 15) is 0 Å². The zero-order valence-corrected chi connectivity index (χ0v) is 13.3. The van der Waals surface area contributed by atoms with Crippen molar-refractivity contribution in [2.45, 2.75) is 6.92 Å². The van der Waals surface area contributed by atoms with Gasteiger partial charge in [0.25, 0.3) is 0 Å². The largest absolute Gasteiger partial charge is 0.241 e. The Kier molecular flexibility index (Phi) is 3.28. The highest BCUT2D eigenvalue weighted by atomic mass is 32.1. The van der Waals surface area contributed by atoms with Crippen LogP contribution in [0.5, 0.6) is 0 Å². The van der Waals surface area contributed by atoms with Crippen LogP contribution in [0.2, 0.25) is 0 Å². The Morgan fingerprint density at radius 3 is 2.91 bits per heavy atom. The summed E-state index contributed by atoms with van der Waals surface area (Å²) in [6, 6.07) is 4.12. The van der Waals surface area contributed by atoms with E-state index in [1.807, 2.05) is 30.5 Å². The van der Waals surface area contributed by atoms with Gasteiger partial charge in [-0.05, 0) is 30.5 Å². The van der Waals surface area contributed by atoms with Crippen LogP contribution < -0.4 is 5.22 Å². The molecule has 0 unspecified atom stereocenters. The fourth-order valence-corrected chi connectivity index (χ4v) is 3.43. The fraction of sp³-hybridized carbons (Fsp3) is 0.0667. The normalized spacial score (nSPS) is 12.9. The summed E-state index contributed by atoms with van der Waals surface area (Å²) in [5.74, 6) is 0.690. The molecule has 0 aromatic carbocycles. The molecular weight excluding hydrogens is 314 g/mol. The zero-order chi connectivity index (χ0) is 14.9. The number of allylic oxidation sites excluding steroid dienone is 1. The van der Waals surface area contributed by atoms with E-state index in [0.29, 0.717) is 5.82 Å². The second kappa shape index (κ2) is 5.43. The predicted octanol–water partition coefficient (Wildman–Crippen LogP) is 2.83. The highest BCUT2D eigenvalue weighted by molar-refractivity contribution is 7.13. The van der Waals surface area contributed by atoms with Gasteiger partial charge in [-0.15, -0.1) is 32.9 Å². The number of rotatable bonds is 3. The van der Waals surface area contributed by atoms with Crippen molar-refractivity contribution < 1.29 is 0 Å². The summed E-state index contributed by atoms with van der Waals surface area (Å²) in [5, 5.41) is 18.8. The standard InChI is InChI=1S/C15H11N5S2/c1-10-12(6-2-4-11-5-3-8-21-11)13-17-18-14(20(13)19-10)15-16-7-9-22-15/h2-9H,1H3/b4-2+,12-6-. The van der Waals surface area contributed by atoms with Crippen LogP contribution in [0.1, 0.15) is 10.6 Å². The zero-order valence-electron chi connectivity index (χ0n) is 11.7. The van der Waals surface area contributed by atoms with Gasteiger partial charge in [-0.25, -0.2) is 4.98 Å². The third-order valence-corrected chi connectivity index (χ3v) is 4.82. The van der Waals surface area contributed by atoms with Crippen LogP contribution in [0.3, 0.4) is 0 Å². The second-order valence-corrected chi connectivity index (χ2v) is 6.51. The average molecular weight is 325 g/mol. The van der Waals surface area contributed by atoms with Gasteiger partial charge in [0.1, 0.15) is 0 Å². The topological polar surface area (TPSA) is 56.0 Å². The molecule has 0 bridgehead atoms. The summed E-state index contributed by atoms with van der Waals surface area (Å²) in [6.45, 7) is 1.98. The van der Waals surface area contributed by atoms with Crippen LogP contribution in [-0.4, -0.2) is 24.8 Å². The highest BCUT2D eigenvalue weighted by Gasteiger charge is 2.14. The average Bonchev–Trinajstić information content (AvgIpc) is 3.25. The Morgan fingerprint density at radius 1 is 1.18 bits per heavy atom. The Hall–Kier alpha value is -2.38. The summed E-state index contributed by atoms with van der Waals surface area (Å²) in [4.78, 5) is 5.49. The van der Waals surface area contributed by atoms with Gasteiger partial charge in [0, 0.05) is 21.7 Å². The van der Waals surface area contributed by atoms with Crippen molar-refractivity contribution in [3.8, 4) is 10.8 Å². The summed E-state index contributed by atoms with van der Waals surface area (Å²) >= 11 is 3.24. The van der Waals surface area contributed by atoms with Crippen LogP contribution in [0.4, 0.5) is 0 Å². The van der Waals surface area contributed by atoms with Crippen molar-refractivity contribution in [2.75, 3.05) is 0 Å². The van der Waals surface area contributed by atoms with Gasteiger partial charge in [-0.3, -0.25) is 0 Å². The first-order chi connectivity index (χ1) is 10.8. The van der Waals surface area contributed by atoms with Crippen LogP contribution in [0.15, 0.2) is 35.2 Å². The molecule has 108 valence electrons. The third-order valence-electron chi connectivity index (χ3n) is 3.21. The van der Waals surface area contributed by atoms with Gasteiger partial charge in [0.15, 0.2) is 10.7 Å². The van der Waals surface area contributed by atoms with Crippen molar-refractivity contribution in [3.63, 3.8) is 0 Å². The minimum Gasteiger partial charge on any atom is -0.241 e. The summed E-state index contributed by atoms with van der Waals surface area (Å²) in [6.07, 6.45) is 7.88. The number of thiazole rings is 1. The van der Waals surface area contributed by atoms with Gasteiger partial charge >= 0.3 is 0 Å². The van der Waals surface area contributed by atoms with Crippen LogP contribution in [0, 0.1) is 6.92 Å². The summed E-state index contributed by atoms with van der Waals surface area (Å²) < 4.78 is 1.76. The molecule has 5 nitrogen and oxygen atoms in total. The van der Waals surface area contributed by atoms with Crippen molar-refractivity contribution in [2.24, 2.45) is 0 Å². The summed E-state index contributed by atoms with van der Waals surface area (Å²) in [5.41, 5.74) is 1.69. The van der Waals surface area contributed by atoms with E-state index >= 15 is 0 Å². The molecule has 4 heterocycles. The van der Waals surface area contributed by atoms with Crippen LogP contribution in [-0.2, 0) is 0 Å². The third kappa shape index (κ3) is 2.24. The van der Waals surface area contributed by atoms with Gasteiger partial charge in [0.2, 0.25) is 5.82 Å². The van der Waals surface area contributed by atoms with E-state index in [4.69, 9.17) is 0 Å². The molecule has 0 aliphatic carbocycles. The number of aryl methyl sites for hydroxylation is 1. The number of hydrogen-bond donors (Lipinski definition) is 0. The molecule has 4 aromatic heterocycles. The fourth-order valence-electron chi connectivity index (χ4n) is 2.20. The second-order valence-electron chi connectivity index (χ2n) is 4.64. The minimum absolute atomic E-state index is 0.690. The molecule has 4 aromatic rings. The molecule has 0 amide bonds. The molecule has 22 heavy (non-hydrogen) atoms. The van der Waals surface area contributed by atoms with Gasteiger partial charge in [-0.1, -0.05) is 12.1 Å². The number of hydrogen-bond acceptors (Lipinski definition) is 6. The monoisotopic (exact) mass is 325 g/mol. The molecule has 0 aliphatic rings. The maximum atomic E-state index is 4.54. The van der Waals surface area contributed by atoms with Crippen LogP contribution >= 0.6 is 22.7 Å². The maximum Gasteiger partial charge on any atom is 0.214 e. The van der Waals surface area contributed by atoms with E-state index in [2.05, 4.69) is 37.8 Å². The molecular formula is C15H11N5S2. The van der Waals surface area contributed by atoms with Crippen molar-refractivity contribution in [1.29, 1.82) is 0 Å². The van der Waals surface area contributed by atoms with E-state index in [1.54, 1.807) is 22.0 Å². The van der Waals surface area contributed by atoms with Crippen molar-refractivity contribution in [3.05, 3.63) is 51.0 Å². The molecule has 0 spiro atoms. The Labute approximate surface area is 134 Å². The SMILES string of the molecule is Cc1nn2c(-c3nccs3)nnc2/c1=C\C=C\c1cccs1. The van der Waals surface area contributed by atoms with Crippen molar-refractivity contribution >= 4 is 40.5 Å². The molecule has 0 N–H and O–H groups in total. The van der Waals surface area contributed by atoms with Gasteiger partial charge in [0.05, 0.1) is 5.69 Å². The van der Waals surface area contributed by atoms with Crippen LogP contribution in [0.25, 0.3) is 28.6 Å². The van der Waals surface area contributed by atoms with Gasteiger partial charge in [-0.2, -0.15) is 9.61 Å². The smallest absolute Gasteiger partial charge is 0.214 e. The number of fused-ring (bicyclic) bond motifs is 1. The van der Waals surface area contributed by atoms with Crippen molar-refractivity contribution in [1.82, 2.24) is 24.8 Å². The lowest BCUT2D eigenvalue weighted by molar-refractivity contribution is 0.935. The lowest BCUT2D eigenvalue weighted by Crippen LogP contribution is -2.01. The summed E-state index contributed by atoms with van der Waals surface area (Å²) in [7, 11) is 0. The molecule has 0 atom stereocenters. The van der Waals surface area contributed by atoms with E-state index < -0.39 is 0 Å².